The molecule has 0 radical (unpaired) electrons. The lowest BCUT2D eigenvalue weighted by Crippen LogP contribution is -2.20. The minimum absolute atomic E-state index is 0.0841. The lowest BCUT2D eigenvalue weighted by Gasteiger charge is -2.10. The van der Waals surface area contributed by atoms with E-state index in [0.717, 1.165) is 0 Å². The zero-order chi connectivity index (χ0) is 21.3. The SMILES string of the molecule is CC(C)COc1cccc(C(=O)OCc2nnc3n(C)c(=O)c4ccccc4n23)c1. The van der Waals surface area contributed by atoms with Gasteiger partial charge in [0, 0.05) is 7.05 Å². The van der Waals surface area contributed by atoms with E-state index in [-0.39, 0.29) is 12.2 Å². The Balaban J connectivity index is 1.60. The molecule has 0 fully saturated rings. The maximum absolute atomic E-state index is 12.6. The van der Waals surface area contributed by atoms with Gasteiger partial charge in [0.2, 0.25) is 5.78 Å². The van der Waals surface area contributed by atoms with Crippen molar-refractivity contribution in [1.82, 2.24) is 19.2 Å². The van der Waals surface area contributed by atoms with Crippen LogP contribution in [0.2, 0.25) is 0 Å². The highest BCUT2D eigenvalue weighted by Gasteiger charge is 2.16. The number of carbonyl (C=O) groups is 1. The van der Waals surface area contributed by atoms with E-state index in [0.29, 0.717) is 46.3 Å². The van der Waals surface area contributed by atoms with Gasteiger partial charge in [-0.05, 0) is 36.2 Å². The predicted octanol–water partition coefficient (Wildman–Crippen LogP) is 2.97. The first-order chi connectivity index (χ1) is 14.5. The molecule has 0 bridgehead atoms. The van der Waals surface area contributed by atoms with Crippen LogP contribution in [0.3, 0.4) is 0 Å². The van der Waals surface area contributed by atoms with Crippen LogP contribution in [-0.2, 0) is 18.4 Å². The lowest BCUT2D eigenvalue weighted by molar-refractivity contribution is 0.0461. The molecule has 8 nitrogen and oxygen atoms in total. The van der Waals surface area contributed by atoms with Gasteiger partial charge in [-0.2, -0.15) is 0 Å². The van der Waals surface area contributed by atoms with E-state index >= 15 is 0 Å². The van der Waals surface area contributed by atoms with Crippen molar-refractivity contribution in [2.75, 3.05) is 6.61 Å². The second-order valence-electron chi connectivity index (χ2n) is 7.44. The van der Waals surface area contributed by atoms with Gasteiger partial charge in [0.05, 0.1) is 23.1 Å². The van der Waals surface area contributed by atoms with Gasteiger partial charge in [-0.25, -0.2) is 4.79 Å². The molecule has 0 N–H and O–H groups in total. The second kappa shape index (κ2) is 7.98. The van der Waals surface area contributed by atoms with Crippen LogP contribution in [-0.4, -0.2) is 31.7 Å². The third-order valence-electron chi connectivity index (χ3n) is 4.68. The van der Waals surface area contributed by atoms with Crippen molar-refractivity contribution in [2.24, 2.45) is 13.0 Å². The molecule has 2 aromatic carbocycles. The van der Waals surface area contributed by atoms with Gasteiger partial charge in [0.15, 0.2) is 12.4 Å². The summed E-state index contributed by atoms with van der Waals surface area (Å²) in [5, 5.41) is 8.77. The van der Waals surface area contributed by atoms with Crippen molar-refractivity contribution in [3.63, 3.8) is 0 Å². The summed E-state index contributed by atoms with van der Waals surface area (Å²) < 4.78 is 14.3. The van der Waals surface area contributed by atoms with Gasteiger partial charge in [0.1, 0.15) is 5.75 Å². The van der Waals surface area contributed by atoms with Crippen molar-refractivity contribution < 1.29 is 14.3 Å². The van der Waals surface area contributed by atoms with Gasteiger partial charge in [0.25, 0.3) is 5.56 Å². The third kappa shape index (κ3) is 3.63. The number of nitrogens with zero attached hydrogens (tertiary/aromatic N) is 4. The van der Waals surface area contributed by atoms with Crippen molar-refractivity contribution in [3.05, 3.63) is 70.3 Å². The molecule has 2 heterocycles. The average molecular weight is 406 g/mol. The second-order valence-corrected chi connectivity index (χ2v) is 7.44. The summed E-state index contributed by atoms with van der Waals surface area (Å²) in [4.78, 5) is 25.1. The molecule has 0 unspecified atom stereocenters. The van der Waals surface area contributed by atoms with Crippen LogP contribution in [0.15, 0.2) is 53.3 Å². The average Bonchev–Trinajstić information content (AvgIpc) is 3.19. The summed E-state index contributed by atoms with van der Waals surface area (Å²) in [5.41, 5.74) is 0.894. The molecule has 0 spiro atoms. The number of esters is 1. The number of rotatable bonds is 6. The third-order valence-corrected chi connectivity index (χ3v) is 4.68. The van der Waals surface area contributed by atoms with E-state index in [4.69, 9.17) is 9.47 Å². The Kier molecular flexibility index (Phi) is 5.22. The highest BCUT2D eigenvalue weighted by Crippen LogP contribution is 2.17. The van der Waals surface area contributed by atoms with Crippen LogP contribution < -0.4 is 10.3 Å². The molecule has 0 atom stereocenters. The van der Waals surface area contributed by atoms with Gasteiger partial charge in [-0.1, -0.05) is 32.0 Å². The lowest BCUT2D eigenvalue weighted by atomic mass is 10.2. The normalized spacial score (nSPS) is 11.3. The number of aryl methyl sites for hydroxylation is 1. The first kappa shape index (κ1) is 19.6. The molecule has 0 amide bonds. The smallest absolute Gasteiger partial charge is 0.338 e. The number of benzene rings is 2. The summed E-state index contributed by atoms with van der Waals surface area (Å²) in [6.45, 7) is 4.59. The summed E-state index contributed by atoms with van der Waals surface area (Å²) in [7, 11) is 1.64. The summed E-state index contributed by atoms with van der Waals surface area (Å²) in [6.07, 6.45) is 0. The van der Waals surface area contributed by atoms with Crippen molar-refractivity contribution in [3.8, 4) is 5.75 Å². The maximum atomic E-state index is 12.6. The molecule has 0 saturated heterocycles. The van der Waals surface area contributed by atoms with Crippen LogP contribution in [0, 0.1) is 5.92 Å². The highest BCUT2D eigenvalue weighted by molar-refractivity contribution is 5.89. The molecule has 8 heteroatoms. The number of carbonyl (C=O) groups excluding carboxylic acids is 1. The Morgan fingerprint density at radius 3 is 2.70 bits per heavy atom. The summed E-state index contributed by atoms with van der Waals surface area (Å²) in [5.74, 6) is 1.32. The molecular weight excluding hydrogens is 384 g/mol. The van der Waals surface area contributed by atoms with Crippen LogP contribution in [0.1, 0.15) is 30.0 Å². The number of fused-ring (bicyclic) bond motifs is 3. The molecule has 0 aliphatic carbocycles. The van der Waals surface area contributed by atoms with Gasteiger partial charge in [-0.15, -0.1) is 10.2 Å². The minimum atomic E-state index is -0.490. The molecule has 2 aromatic heterocycles. The molecule has 30 heavy (non-hydrogen) atoms. The fourth-order valence-corrected chi connectivity index (χ4v) is 3.17. The number of hydrogen-bond donors (Lipinski definition) is 0. The van der Waals surface area contributed by atoms with Crippen LogP contribution >= 0.6 is 0 Å². The fourth-order valence-electron chi connectivity index (χ4n) is 3.17. The van der Waals surface area contributed by atoms with E-state index in [2.05, 4.69) is 24.0 Å². The molecule has 0 aliphatic heterocycles. The highest BCUT2D eigenvalue weighted by atomic mass is 16.5. The Morgan fingerprint density at radius 2 is 1.90 bits per heavy atom. The zero-order valence-corrected chi connectivity index (χ0v) is 17.0. The molecule has 4 rings (SSSR count). The van der Waals surface area contributed by atoms with Crippen molar-refractivity contribution in [1.29, 1.82) is 0 Å². The zero-order valence-electron chi connectivity index (χ0n) is 17.0. The molecule has 0 saturated carbocycles. The van der Waals surface area contributed by atoms with E-state index in [1.54, 1.807) is 47.8 Å². The maximum Gasteiger partial charge on any atom is 0.338 e. The fraction of sp³-hybridized carbons (Fsp3) is 0.273. The standard InChI is InChI=1S/C22H22N4O4/c1-14(2)12-29-16-8-6-7-15(11-16)21(28)30-13-19-23-24-22-25(3)20(27)17-9-4-5-10-18(17)26(19)22/h4-11,14H,12-13H2,1-3H3. The number of para-hydroxylation sites is 1. The first-order valence-corrected chi connectivity index (χ1v) is 9.67. The van der Waals surface area contributed by atoms with E-state index in [9.17, 15) is 9.59 Å². The number of aromatic nitrogens is 4. The number of hydrogen-bond acceptors (Lipinski definition) is 6. The molecule has 0 aliphatic rings. The molecular formula is C22H22N4O4. The van der Waals surface area contributed by atoms with Gasteiger partial charge >= 0.3 is 5.97 Å². The Morgan fingerprint density at radius 1 is 1.10 bits per heavy atom. The van der Waals surface area contributed by atoms with Crippen molar-refractivity contribution in [2.45, 2.75) is 20.5 Å². The summed E-state index contributed by atoms with van der Waals surface area (Å²) in [6, 6.07) is 14.1. The largest absolute Gasteiger partial charge is 0.493 e. The first-order valence-electron chi connectivity index (χ1n) is 9.67. The Bertz CT molecular complexity index is 1290. The quantitative estimate of drug-likeness (QED) is 0.458. The van der Waals surface area contributed by atoms with Gasteiger partial charge in [-0.3, -0.25) is 13.8 Å². The van der Waals surface area contributed by atoms with Crippen LogP contribution in [0.25, 0.3) is 16.7 Å². The molecule has 4 aromatic rings. The van der Waals surface area contributed by atoms with E-state index < -0.39 is 5.97 Å². The Labute approximate surface area is 172 Å². The topological polar surface area (TPSA) is 87.7 Å². The summed E-state index contributed by atoms with van der Waals surface area (Å²) >= 11 is 0. The van der Waals surface area contributed by atoms with E-state index in [1.165, 1.54) is 4.57 Å². The minimum Gasteiger partial charge on any atom is -0.493 e. The monoisotopic (exact) mass is 406 g/mol. The predicted molar refractivity (Wildman–Crippen MR) is 112 cm³/mol. The van der Waals surface area contributed by atoms with Crippen LogP contribution in [0.4, 0.5) is 0 Å². The van der Waals surface area contributed by atoms with Gasteiger partial charge < -0.3 is 9.47 Å². The molecule has 154 valence electrons. The van der Waals surface area contributed by atoms with Crippen molar-refractivity contribution >= 4 is 22.6 Å². The Hall–Kier alpha value is -3.68. The van der Waals surface area contributed by atoms with E-state index in [1.807, 2.05) is 12.1 Å². The van der Waals surface area contributed by atoms with Crippen LogP contribution in [0.5, 0.6) is 5.75 Å². The number of ether oxygens (including phenoxy) is 2.